The van der Waals surface area contributed by atoms with Gasteiger partial charge in [-0.1, -0.05) is 186 Å². The summed E-state index contributed by atoms with van der Waals surface area (Å²) in [6.45, 7) is 4.20. The fourth-order valence-electron chi connectivity index (χ4n) is 7.01. The van der Waals surface area contributed by atoms with Gasteiger partial charge in [0.05, 0.1) is 27.7 Å². The van der Waals surface area contributed by atoms with Crippen molar-refractivity contribution in [3.63, 3.8) is 0 Å². The van der Waals surface area contributed by atoms with Crippen LogP contribution < -0.4 is 4.89 Å². The van der Waals surface area contributed by atoms with Crippen LogP contribution in [0.1, 0.15) is 232 Å². The maximum absolute atomic E-state index is 12.7. The quantitative estimate of drug-likeness (QED) is 0.0195. The van der Waals surface area contributed by atoms with Crippen LogP contribution in [-0.2, 0) is 32.7 Å². The number of rotatable bonds is 46. The van der Waals surface area contributed by atoms with Gasteiger partial charge in [-0.25, -0.2) is 0 Å². The first-order valence-corrected chi connectivity index (χ1v) is 26.5. The number of esters is 2. The van der Waals surface area contributed by atoms with Gasteiger partial charge in [-0.05, 0) is 57.8 Å². The number of carbonyl (C=O) groups excluding carboxylic acids is 2. The molecule has 0 aliphatic carbocycles. The van der Waals surface area contributed by atoms with E-state index in [-0.39, 0.29) is 26.1 Å². The van der Waals surface area contributed by atoms with Gasteiger partial charge in [0.2, 0.25) is 0 Å². The van der Waals surface area contributed by atoms with Crippen LogP contribution in [0, 0.1) is 0 Å². The van der Waals surface area contributed by atoms with E-state index in [4.69, 9.17) is 18.5 Å². The molecular weight excluding hydrogens is 774 g/mol. The van der Waals surface area contributed by atoms with E-state index < -0.39 is 32.5 Å². The van der Waals surface area contributed by atoms with Crippen molar-refractivity contribution in [2.75, 3.05) is 47.5 Å². The molecule has 0 heterocycles. The van der Waals surface area contributed by atoms with Gasteiger partial charge in [-0.3, -0.25) is 14.2 Å². The third kappa shape index (κ3) is 46.0. The molecule has 0 fully saturated rings. The number of hydrogen-bond donors (Lipinski definition) is 0. The molecule has 0 aromatic rings. The number of phosphoric acid groups is 1. The Morgan fingerprint density at radius 1 is 0.500 bits per heavy atom. The highest BCUT2D eigenvalue weighted by Gasteiger charge is 2.21. The lowest BCUT2D eigenvalue weighted by Gasteiger charge is -2.28. The van der Waals surface area contributed by atoms with Crippen molar-refractivity contribution in [1.29, 1.82) is 0 Å². The molecule has 1 unspecified atom stereocenters. The van der Waals surface area contributed by atoms with Crippen LogP contribution in [0.4, 0.5) is 0 Å². The van der Waals surface area contributed by atoms with Crippen molar-refractivity contribution in [2.24, 2.45) is 0 Å². The summed E-state index contributed by atoms with van der Waals surface area (Å²) in [4.78, 5) is 37.6. The monoisotopic (exact) mass is 870 g/mol. The molecule has 0 saturated heterocycles. The van der Waals surface area contributed by atoms with Crippen LogP contribution in [0.3, 0.4) is 0 Å². The molecule has 0 bridgehead atoms. The number of phosphoric ester groups is 1. The Morgan fingerprint density at radius 3 is 1.30 bits per heavy atom. The first kappa shape index (κ1) is 58.5. The smallest absolute Gasteiger partial charge is 0.306 e. The molecule has 0 saturated carbocycles. The number of hydrogen-bond acceptors (Lipinski definition) is 8. The van der Waals surface area contributed by atoms with Crippen LogP contribution in [-0.4, -0.2) is 70.0 Å². The van der Waals surface area contributed by atoms with E-state index in [9.17, 15) is 19.0 Å². The lowest BCUT2D eigenvalue weighted by molar-refractivity contribution is -0.870. The Morgan fingerprint density at radius 2 is 0.867 bits per heavy atom. The molecule has 354 valence electrons. The topological polar surface area (TPSA) is 111 Å². The highest BCUT2D eigenvalue weighted by atomic mass is 31.2. The number of ether oxygens (including phenoxy) is 2. The third-order valence-corrected chi connectivity index (χ3v) is 11.9. The summed E-state index contributed by atoms with van der Waals surface area (Å²) >= 11 is 0. The van der Waals surface area contributed by atoms with Crippen LogP contribution in [0.15, 0.2) is 24.3 Å². The summed E-state index contributed by atoms with van der Waals surface area (Å²) in [6, 6.07) is 0. The molecule has 0 rings (SSSR count). The SMILES string of the molecule is CCCCCC/C=C/CCCCCCCC(=O)O[C@@H](COC(=O)CCC/C=C/CCCCCCCCCCCCCCCCCCCC)COP(=O)([O-])OCC[N+](C)(C)C. The maximum atomic E-state index is 12.7. The minimum Gasteiger partial charge on any atom is -0.756 e. The first-order valence-electron chi connectivity index (χ1n) is 25.0. The fourth-order valence-corrected chi connectivity index (χ4v) is 7.74. The van der Waals surface area contributed by atoms with Gasteiger partial charge >= 0.3 is 11.9 Å². The Bertz CT molecular complexity index is 1070. The van der Waals surface area contributed by atoms with Gasteiger partial charge in [0, 0.05) is 12.8 Å². The number of quaternary nitrogens is 1. The Balaban J connectivity index is 4.21. The molecule has 0 amide bonds. The maximum Gasteiger partial charge on any atom is 0.306 e. The Kier molecular flexibility index (Phi) is 41.7. The minimum atomic E-state index is -4.63. The standard InChI is InChI=1S/C50H96NO8P/c1-6-8-10-12-14-16-18-20-21-22-23-24-25-26-27-28-29-31-32-34-36-38-40-42-49(52)56-46-48(47-58-60(54,55)57-45-44-51(3,4)5)59-50(53)43-41-39-37-35-33-30-19-17-15-13-11-9-7-2/h17,19,34,36,48H,6-16,18,20-33,35,37-47H2,1-5H3/b19-17+,36-34+/t48-/m0/s1. The van der Waals surface area contributed by atoms with E-state index in [2.05, 4.69) is 38.2 Å². The second kappa shape index (κ2) is 42.8. The Labute approximate surface area is 370 Å². The van der Waals surface area contributed by atoms with Crippen LogP contribution >= 0.6 is 7.82 Å². The normalized spacial score (nSPS) is 13.6. The largest absolute Gasteiger partial charge is 0.756 e. The summed E-state index contributed by atoms with van der Waals surface area (Å²) in [5.41, 5.74) is 0. The zero-order valence-electron chi connectivity index (χ0n) is 39.9. The van der Waals surface area contributed by atoms with E-state index in [0.29, 0.717) is 23.9 Å². The van der Waals surface area contributed by atoms with Gasteiger partial charge < -0.3 is 27.9 Å². The lowest BCUT2D eigenvalue weighted by Crippen LogP contribution is -2.37. The Hall–Kier alpha value is -1.51. The molecule has 0 aliphatic rings. The molecule has 2 atom stereocenters. The summed E-state index contributed by atoms with van der Waals surface area (Å²) in [6.07, 6.45) is 48.0. The van der Waals surface area contributed by atoms with E-state index in [1.807, 2.05) is 21.1 Å². The van der Waals surface area contributed by atoms with Crippen molar-refractivity contribution in [2.45, 2.75) is 238 Å². The zero-order chi connectivity index (χ0) is 44.3. The van der Waals surface area contributed by atoms with Crippen LogP contribution in [0.25, 0.3) is 0 Å². The lowest BCUT2D eigenvalue weighted by atomic mass is 10.0. The average molecular weight is 870 g/mol. The highest BCUT2D eigenvalue weighted by Crippen LogP contribution is 2.38. The molecule has 60 heavy (non-hydrogen) atoms. The van der Waals surface area contributed by atoms with Gasteiger partial charge in [0.15, 0.2) is 6.10 Å². The van der Waals surface area contributed by atoms with Gasteiger partial charge in [0.25, 0.3) is 7.82 Å². The van der Waals surface area contributed by atoms with Crippen molar-refractivity contribution in [3.05, 3.63) is 24.3 Å². The highest BCUT2D eigenvalue weighted by molar-refractivity contribution is 7.45. The van der Waals surface area contributed by atoms with E-state index in [1.54, 1.807) is 0 Å². The number of carbonyl (C=O) groups is 2. The molecule has 0 aromatic carbocycles. The van der Waals surface area contributed by atoms with Gasteiger partial charge in [0.1, 0.15) is 19.8 Å². The van der Waals surface area contributed by atoms with Gasteiger partial charge in [-0.2, -0.15) is 0 Å². The number of nitrogens with zero attached hydrogens (tertiary/aromatic N) is 1. The molecule has 0 spiro atoms. The number of allylic oxidation sites excluding steroid dienone is 4. The summed E-state index contributed by atoms with van der Waals surface area (Å²) in [5, 5.41) is 0. The van der Waals surface area contributed by atoms with E-state index in [1.165, 1.54) is 148 Å². The third-order valence-electron chi connectivity index (χ3n) is 10.9. The van der Waals surface area contributed by atoms with Crippen LogP contribution in [0.2, 0.25) is 0 Å². The second-order valence-corrected chi connectivity index (χ2v) is 19.6. The molecule has 0 aliphatic heterocycles. The van der Waals surface area contributed by atoms with Crippen molar-refractivity contribution < 1.29 is 42.1 Å². The average Bonchev–Trinajstić information content (AvgIpc) is 3.20. The number of unbranched alkanes of at least 4 members (excludes halogenated alkanes) is 28. The molecular formula is C50H96NO8P. The van der Waals surface area contributed by atoms with Crippen molar-refractivity contribution in [3.8, 4) is 0 Å². The molecule has 0 N–H and O–H groups in total. The minimum absolute atomic E-state index is 0.0347. The van der Waals surface area contributed by atoms with Crippen LogP contribution in [0.5, 0.6) is 0 Å². The van der Waals surface area contributed by atoms with E-state index >= 15 is 0 Å². The second-order valence-electron chi connectivity index (χ2n) is 18.2. The number of likely N-dealkylation sites (N-methyl/N-ethyl adjacent to an activating group) is 1. The molecule has 10 heteroatoms. The molecule has 0 aromatic heterocycles. The van der Waals surface area contributed by atoms with Crippen molar-refractivity contribution >= 4 is 19.8 Å². The molecule has 9 nitrogen and oxygen atoms in total. The summed E-state index contributed by atoms with van der Waals surface area (Å²) < 4.78 is 33.9. The predicted molar refractivity (Wildman–Crippen MR) is 250 cm³/mol. The van der Waals surface area contributed by atoms with Crippen molar-refractivity contribution in [1.82, 2.24) is 0 Å². The van der Waals surface area contributed by atoms with E-state index in [0.717, 1.165) is 44.9 Å². The van der Waals surface area contributed by atoms with Gasteiger partial charge in [-0.15, -0.1) is 0 Å². The zero-order valence-corrected chi connectivity index (χ0v) is 40.8. The predicted octanol–water partition coefficient (Wildman–Crippen LogP) is 14.1. The summed E-state index contributed by atoms with van der Waals surface area (Å²) in [5.74, 6) is -0.874. The fraction of sp³-hybridized carbons (Fsp3) is 0.880. The first-order chi connectivity index (χ1) is 29.0. The summed E-state index contributed by atoms with van der Waals surface area (Å²) in [7, 11) is 1.15. The molecule has 0 radical (unpaired) electrons.